The minimum atomic E-state index is -0.497. The third kappa shape index (κ3) is 8.68. The first-order valence-electron chi connectivity index (χ1n) is 9.54. The predicted molar refractivity (Wildman–Crippen MR) is 107 cm³/mol. The van der Waals surface area contributed by atoms with Crippen LogP contribution in [0.5, 0.6) is 0 Å². The molecular formula is C22H28N2O4. The number of carbonyl (C=O) groups excluding carboxylic acids is 2. The molecule has 0 heterocycles. The largest absolute Gasteiger partial charge is 0.461 e. The average molecular weight is 384 g/mol. The molecule has 2 rings (SSSR count). The van der Waals surface area contributed by atoms with E-state index in [-0.39, 0.29) is 31.6 Å². The van der Waals surface area contributed by atoms with E-state index in [4.69, 9.17) is 15.2 Å². The molecule has 0 aliphatic carbocycles. The number of carbonyl (C=O) groups is 2. The van der Waals surface area contributed by atoms with Gasteiger partial charge in [-0.3, -0.25) is 4.79 Å². The van der Waals surface area contributed by atoms with Gasteiger partial charge in [0.1, 0.15) is 13.2 Å². The Kier molecular flexibility index (Phi) is 9.58. The Morgan fingerprint density at radius 3 is 2.00 bits per heavy atom. The monoisotopic (exact) mass is 384 g/mol. The van der Waals surface area contributed by atoms with Crippen LogP contribution in [0.15, 0.2) is 60.7 Å². The number of hydrogen-bond acceptors (Lipinski definition) is 5. The zero-order valence-electron chi connectivity index (χ0n) is 16.0. The van der Waals surface area contributed by atoms with Gasteiger partial charge in [-0.25, -0.2) is 4.79 Å². The Hall–Kier alpha value is -2.86. The molecule has 3 N–H and O–H groups in total. The first kappa shape index (κ1) is 21.4. The number of alkyl carbamates (subject to hydrolysis) is 1. The number of ether oxygens (including phenoxy) is 2. The van der Waals surface area contributed by atoms with Crippen LogP contribution < -0.4 is 11.1 Å². The van der Waals surface area contributed by atoms with E-state index in [9.17, 15) is 9.59 Å². The second-order valence-electron chi connectivity index (χ2n) is 6.52. The maximum atomic E-state index is 12.1. The normalized spacial score (nSPS) is 11.5. The van der Waals surface area contributed by atoms with Gasteiger partial charge in [0.25, 0.3) is 0 Å². The Morgan fingerprint density at radius 1 is 0.857 bits per heavy atom. The second-order valence-corrected chi connectivity index (χ2v) is 6.52. The molecule has 0 spiro atoms. The van der Waals surface area contributed by atoms with Crippen molar-refractivity contribution < 1.29 is 19.1 Å². The van der Waals surface area contributed by atoms with Gasteiger partial charge in [0.2, 0.25) is 0 Å². The van der Waals surface area contributed by atoms with E-state index in [0.29, 0.717) is 19.4 Å². The van der Waals surface area contributed by atoms with Crippen LogP contribution in [-0.4, -0.2) is 24.6 Å². The van der Waals surface area contributed by atoms with Crippen LogP contribution in [0, 0.1) is 0 Å². The SMILES string of the molecule is NCCCC(CCC(=O)OCc1ccccc1)NC(=O)OCc1ccccc1. The zero-order valence-corrected chi connectivity index (χ0v) is 16.0. The summed E-state index contributed by atoms with van der Waals surface area (Å²) in [6.07, 6.45) is 1.64. The smallest absolute Gasteiger partial charge is 0.407 e. The third-order valence-electron chi connectivity index (χ3n) is 4.23. The molecule has 6 heteroatoms. The Bertz CT molecular complexity index is 707. The first-order chi connectivity index (χ1) is 13.7. The maximum Gasteiger partial charge on any atom is 0.407 e. The van der Waals surface area contributed by atoms with Gasteiger partial charge >= 0.3 is 12.1 Å². The molecule has 0 saturated carbocycles. The van der Waals surface area contributed by atoms with Crippen LogP contribution in [0.2, 0.25) is 0 Å². The lowest BCUT2D eigenvalue weighted by Crippen LogP contribution is -2.36. The van der Waals surface area contributed by atoms with E-state index in [2.05, 4.69) is 5.32 Å². The van der Waals surface area contributed by atoms with Crippen molar-refractivity contribution in [2.24, 2.45) is 5.73 Å². The van der Waals surface area contributed by atoms with E-state index < -0.39 is 6.09 Å². The van der Waals surface area contributed by atoms with Crippen molar-refractivity contribution in [1.82, 2.24) is 5.32 Å². The Labute approximate surface area is 166 Å². The lowest BCUT2D eigenvalue weighted by molar-refractivity contribution is -0.145. The number of hydrogen-bond donors (Lipinski definition) is 2. The lowest BCUT2D eigenvalue weighted by Gasteiger charge is -2.18. The molecule has 150 valence electrons. The molecule has 1 atom stereocenters. The van der Waals surface area contributed by atoms with Gasteiger partial charge in [-0.2, -0.15) is 0 Å². The van der Waals surface area contributed by atoms with Crippen molar-refractivity contribution in [2.45, 2.75) is 44.9 Å². The molecule has 0 bridgehead atoms. The van der Waals surface area contributed by atoms with Gasteiger partial charge in [-0.15, -0.1) is 0 Å². The highest BCUT2D eigenvalue weighted by Gasteiger charge is 2.15. The average Bonchev–Trinajstić information content (AvgIpc) is 2.74. The van der Waals surface area contributed by atoms with Gasteiger partial charge in [0, 0.05) is 12.5 Å². The molecule has 0 radical (unpaired) electrons. The summed E-state index contributed by atoms with van der Waals surface area (Å²) in [5, 5.41) is 2.83. The Balaban J connectivity index is 1.73. The summed E-state index contributed by atoms with van der Waals surface area (Å²) < 4.78 is 10.5. The molecule has 0 aliphatic rings. The number of esters is 1. The third-order valence-corrected chi connectivity index (χ3v) is 4.23. The van der Waals surface area contributed by atoms with Gasteiger partial charge in [-0.05, 0) is 36.9 Å². The maximum absolute atomic E-state index is 12.1. The number of rotatable bonds is 11. The van der Waals surface area contributed by atoms with Crippen LogP contribution in [0.25, 0.3) is 0 Å². The summed E-state index contributed by atoms with van der Waals surface area (Å²) >= 11 is 0. The predicted octanol–water partition coefficient (Wildman–Crippen LogP) is 3.54. The molecule has 6 nitrogen and oxygen atoms in total. The van der Waals surface area contributed by atoms with E-state index >= 15 is 0 Å². The first-order valence-corrected chi connectivity index (χ1v) is 9.54. The summed E-state index contributed by atoms with van der Waals surface area (Å²) in [5.74, 6) is -0.291. The van der Waals surface area contributed by atoms with E-state index in [0.717, 1.165) is 17.5 Å². The highest BCUT2D eigenvalue weighted by Crippen LogP contribution is 2.09. The quantitative estimate of drug-likeness (QED) is 0.578. The highest BCUT2D eigenvalue weighted by atomic mass is 16.5. The number of nitrogens with two attached hydrogens (primary N) is 1. The molecule has 2 aromatic rings. The molecule has 2 aromatic carbocycles. The van der Waals surface area contributed by atoms with Crippen molar-refractivity contribution >= 4 is 12.1 Å². The molecule has 1 unspecified atom stereocenters. The molecule has 0 aliphatic heterocycles. The fraction of sp³-hybridized carbons (Fsp3) is 0.364. The highest BCUT2D eigenvalue weighted by molar-refractivity contribution is 5.70. The molecule has 0 saturated heterocycles. The van der Waals surface area contributed by atoms with Crippen molar-refractivity contribution in [3.05, 3.63) is 71.8 Å². The van der Waals surface area contributed by atoms with Crippen LogP contribution in [0.1, 0.15) is 36.8 Å². The minimum absolute atomic E-state index is 0.184. The van der Waals surface area contributed by atoms with Crippen LogP contribution >= 0.6 is 0 Å². The zero-order chi connectivity index (χ0) is 20.0. The molecule has 0 fully saturated rings. The van der Waals surface area contributed by atoms with Crippen molar-refractivity contribution in [2.75, 3.05) is 6.54 Å². The minimum Gasteiger partial charge on any atom is -0.461 e. The number of amides is 1. The van der Waals surface area contributed by atoms with Crippen LogP contribution in [0.4, 0.5) is 4.79 Å². The van der Waals surface area contributed by atoms with E-state index in [1.165, 1.54) is 0 Å². The van der Waals surface area contributed by atoms with Gasteiger partial charge in [0.05, 0.1) is 0 Å². The summed E-state index contributed by atoms with van der Waals surface area (Å²) in [5.41, 5.74) is 7.43. The van der Waals surface area contributed by atoms with Crippen LogP contribution in [0.3, 0.4) is 0 Å². The standard InChI is InChI=1S/C22H28N2O4/c23-15-7-12-20(24-22(26)28-17-19-10-5-2-6-11-19)13-14-21(25)27-16-18-8-3-1-4-9-18/h1-6,8-11,20H,7,12-17,23H2,(H,24,26). The second kappa shape index (κ2) is 12.5. The molecule has 28 heavy (non-hydrogen) atoms. The van der Waals surface area contributed by atoms with Gasteiger partial charge in [0.15, 0.2) is 0 Å². The molecule has 0 aromatic heterocycles. The van der Waals surface area contributed by atoms with Crippen molar-refractivity contribution in [1.29, 1.82) is 0 Å². The summed E-state index contributed by atoms with van der Waals surface area (Å²) in [4.78, 5) is 24.1. The molecule has 1 amide bonds. The topological polar surface area (TPSA) is 90.7 Å². The summed E-state index contributed by atoms with van der Waals surface area (Å²) in [6, 6.07) is 18.8. The van der Waals surface area contributed by atoms with Gasteiger partial charge in [-0.1, -0.05) is 60.7 Å². The fourth-order valence-electron chi connectivity index (χ4n) is 2.69. The van der Waals surface area contributed by atoms with Gasteiger partial charge < -0.3 is 20.5 Å². The molecular weight excluding hydrogens is 356 g/mol. The van der Waals surface area contributed by atoms with E-state index in [1.54, 1.807) is 0 Å². The number of benzene rings is 2. The fourth-order valence-corrected chi connectivity index (χ4v) is 2.69. The van der Waals surface area contributed by atoms with Crippen molar-refractivity contribution in [3.8, 4) is 0 Å². The van der Waals surface area contributed by atoms with Crippen molar-refractivity contribution in [3.63, 3.8) is 0 Å². The Morgan fingerprint density at radius 2 is 1.43 bits per heavy atom. The van der Waals surface area contributed by atoms with Crippen LogP contribution in [-0.2, 0) is 27.5 Å². The number of nitrogens with one attached hydrogen (secondary N) is 1. The van der Waals surface area contributed by atoms with E-state index in [1.807, 2.05) is 60.7 Å². The summed E-state index contributed by atoms with van der Waals surface area (Å²) in [7, 11) is 0. The lowest BCUT2D eigenvalue weighted by atomic mass is 10.1. The summed E-state index contributed by atoms with van der Waals surface area (Å²) in [6.45, 7) is 0.977.